The van der Waals surface area contributed by atoms with Crippen LogP contribution in [0.25, 0.3) is 0 Å². The Hall–Kier alpha value is -1.40. The number of piperidine rings is 1. The van der Waals surface area contributed by atoms with Gasteiger partial charge in [-0.2, -0.15) is 0 Å². The Balaban J connectivity index is 1.93. The summed E-state index contributed by atoms with van der Waals surface area (Å²) in [5.41, 5.74) is 5.91. The molecule has 0 radical (unpaired) electrons. The quantitative estimate of drug-likeness (QED) is 0.859. The fourth-order valence-electron chi connectivity index (χ4n) is 2.13. The predicted molar refractivity (Wildman–Crippen MR) is 68.2 cm³/mol. The number of nitrogens with two attached hydrogens (primary N) is 1. The fraction of sp³-hybridized carbons (Fsp3) is 0.500. The molecule has 1 fully saturated rings. The maximum atomic E-state index is 12.1. The Bertz CT molecular complexity index is 425. The smallest absolute Gasteiger partial charge is 0.306 e. The molecule has 6 heteroatoms. The van der Waals surface area contributed by atoms with Crippen LogP contribution in [0.3, 0.4) is 0 Å². The lowest BCUT2D eigenvalue weighted by molar-refractivity contribution is -0.146. The van der Waals surface area contributed by atoms with Crippen molar-refractivity contribution >= 4 is 23.2 Å². The number of hydrogen-bond acceptors (Lipinski definition) is 4. The van der Waals surface area contributed by atoms with E-state index < -0.39 is 12.0 Å². The Morgan fingerprint density at radius 3 is 2.61 bits per heavy atom. The Labute approximate surface area is 109 Å². The second kappa shape index (κ2) is 5.49. The van der Waals surface area contributed by atoms with Gasteiger partial charge in [0.05, 0.1) is 5.92 Å². The van der Waals surface area contributed by atoms with Crippen LogP contribution in [0, 0.1) is 5.92 Å². The number of thiophene rings is 1. The second-order valence-corrected chi connectivity index (χ2v) is 5.41. The molecule has 0 bridgehead atoms. The first-order chi connectivity index (χ1) is 8.59. The third-order valence-corrected chi connectivity index (χ3v) is 4.23. The molecule has 1 aliphatic heterocycles. The van der Waals surface area contributed by atoms with Crippen LogP contribution in [0.1, 0.15) is 23.8 Å². The molecule has 98 valence electrons. The molecular formula is C12H16N2O3S. The average Bonchev–Trinajstić information content (AvgIpc) is 2.91. The Morgan fingerprint density at radius 2 is 2.11 bits per heavy atom. The number of carbonyl (C=O) groups excluding carboxylic acids is 1. The number of carboxylic acids is 1. The van der Waals surface area contributed by atoms with E-state index in [1.165, 1.54) is 11.3 Å². The highest BCUT2D eigenvalue weighted by Gasteiger charge is 2.30. The van der Waals surface area contributed by atoms with Crippen molar-refractivity contribution in [2.45, 2.75) is 18.9 Å². The summed E-state index contributed by atoms with van der Waals surface area (Å²) < 4.78 is 0. The van der Waals surface area contributed by atoms with Gasteiger partial charge in [-0.1, -0.05) is 6.07 Å². The first-order valence-electron chi connectivity index (χ1n) is 5.90. The topological polar surface area (TPSA) is 83.6 Å². The lowest BCUT2D eigenvalue weighted by atomic mass is 9.96. The van der Waals surface area contributed by atoms with E-state index in [1.807, 2.05) is 17.5 Å². The van der Waals surface area contributed by atoms with Gasteiger partial charge in [-0.15, -0.1) is 11.3 Å². The molecule has 2 heterocycles. The summed E-state index contributed by atoms with van der Waals surface area (Å²) in [6.45, 7) is 0.962. The first kappa shape index (κ1) is 13.0. The third-order valence-electron chi connectivity index (χ3n) is 3.27. The summed E-state index contributed by atoms with van der Waals surface area (Å²) >= 11 is 1.46. The zero-order chi connectivity index (χ0) is 13.1. The molecule has 1 aromatic rings. The maximum absolute atomic E-state index is 12.1. The summed E-state index contributed by atoms with van der Waals surface area (Å²) in [5, 5.41) is 10.8. The summed E-state index contributed by atoms with van der Waals surface area (Å²) in [5.74, 6) is -1.21. The summed E-state index contributed by atoms with van der Waals surface area (Å²) in [7, 11) is 0. The number of carbonyl (C=O) groups is 2. The molecule has 3 N–H and O–H groups in total. The second-order valence-electron chi connectivity index (χ2n) is 4.43. The normalized spacial score (nSPS) is 18.6. The SMILES string of the molecule is NC(C(=O)N1CCC(C(=O)O)CC1)c1cccs1. The van der Waals surface area contributed by atoms with Crippen LogP contribution < -0.4 is 5.73 Å². The zero-order valence-electron chi connectivity index (χ0n) is 9.91. The number of carboxylic acid groups (broad SMARTS) is 1. The number of likely N-dealkylation sites (tertiary alicyclic amines) is 1. The van der Waals surface area contributed by atoms with E-state index in [-0.39, 0.29) is 11.8 Å². The fourth-order valence-corrected chi connectivity index (χ4v) is 2.85. The largest absolute Gasteiger partial charge is 0.481 e. The van der Waals surface area contributed by atoms with Gasteiger partial charge in [-0.25, -0.2) is 0 Å². The molecule has 1 atom stereocenters. The lowest BCUT2D eigenvalue weighted by Gasteiger charge is -2.31. The molecule has 1 unspecified atom stereocenters. The van der Waals surface area contributed by atoms with Gasteiger partial charge >= 0.3 is 5.97 Å². The molecule has 0 aromatic carbocycles. The summed E-state index contributed by atoms with van der Waals surface area (Å²) in [4.78, 5) is 25.5. The van der Waals surface area contributed by atoms with Gasteiger partial charge in [0.25, 0.3) is 0 Å². The Morgan fingerprint density at radius 1 is 1.44 bits per heavy atom. The van der Waals surface area contributed by atoms with Crippen LogP contribution in [0.2, 0.25) is 0 Å². The number of rotatable bonds is 3. The van der Waals surface area contributed by atoms with E-state index in [0.717, 1.165) is 4.88 Å². The molecule has 0 aliphatic carbocycles. The van der Waals surface area contributed by atoms with Crippen molar-refractivity contribution < 1.29 is 14.7 Å². The minimum Gasteiger partial charge on any atom is -0.481 e. The standard InChI is InChI=1S/C12H16N2O3S/c13-10(9-2-1-7-18-9)11(15)14-5-3-8(4-6-14)12(16)17/h1-2,7-8,10H,3-6,13H2,(H,16,17). The van der Waals surface area contributed by atoms with E-state index in [2.05, 4.69) is 0 Å². The highest BCUT2D eigenvalue weighted by Crippen LogP contribution is 2.23. The van der Waals surface area contributed by atoms with Crippen molar-refractivity contribution in [3.63, 3.8) is 0 Å². The van der Waals surface area contributed by atoms with Crippen molar-refractivity contribution in [1.82, 2.24) is 4.90 Å². The van der Waals surface area contributed by atoms with Crippen molar-refractivity contribution in [2.75, 3.05) is 13.1 Å². The van der Waals surface area contributed by atoms with Gasteiger partial charge in [0.1, 0.15) is 6.04 Å². The highest BCUT2D eigenvalue weighted by molar-refractivity contribution is 7.10. The number of nitrogens with zero attached hydrogens (tertiary/aromatic N) is 1. The summed E-state index contributed by atoms with van der Waals surface area (Å²) in [6, 6.07) is 3.09. The van der Waals surface area contributed by atoms with E-state index in [9.17, 15) is 9.59 Å². The van der Waals surface area contributed by atoms with Gasteiger partial charge in [0.15, 0.2) is 0 Å². The van der Waals surface area contributed by atoms with Gasteiger partial charge in [-0.05, 0) is 24.3 Å². The van der Waals surface area contributed by atoms with Crippen molar-refractivity contribution in [3.8, 4) is 0 Å². The van der Waals surface area contributed by atoms with E-state index >= 15 is 0 Å². The molecule has 1 aromatic heterocycles. The summed E-state index contributed by atoms with van der Waals surface area (Å²) in [6.07, 6.45) is 1.02. The molecule has 1 amide bonds. The molecular weight excluding hydrogens is 252 g/mol. The maximum Gasteiger partial charge on any atom is 0.306 e. The van der Waals surface area contributed by atoms with Gasteiger partial charge in [0, 0.05) is 18.0 Å². The van der Waals surface area contributed by atoms with E-state index in [1.54, 1.807) is 4.90 Å². The van der Waals surface area contributed by atoms with Crippen LogP contribution >= 0.6 is 11.3 Å². The molecule has 1 aliphatic rings. The van der Waals surface area contributed by atoms with Crippen LogP contribution in [-0.2, 0) is 9.59 Å². The van der Waals surface area contributed by atoms with Crippen molar-refractivity contribution in [1.29, 1.82) is 0 Å². The average molecular weight is 268 g/mol. The van der Waals surface area contributed by atoms with E-state index in [0.29, 0.717) is 25.9 Å². The minimum atomic E-state index is -0.773. The molecule has 5 nitrogen and oxygen atoms in total. The van der Waals surface area contributed by atoms with Crippen molar-refractivity contribution in [2.24, 2.45) is 11.7 Å². The minimum absolute atomic E-state index is 0.110. The first-order valence-corrected chi connectivity index (χ1v) is 6.78. The zero-order valence-corrected chi connectivity index (χ0v) is 10.7. The van der Waals surface area contributed by atoms with Gasteiger partial charge in [0.2, 0.25) is 5.91 Å². The van der Waals surface area contributed by atoms with Crippen LogP contribution in [0.15, 0.2) is 17.5 Å². The van der Waals surface area contributed by atoms with Crippen LogP contribution in [0.4, 0.5) is 0 Å². The predicted octanol–water partition coefficient (Wildman–Crippen LogP) is 1.07. The molecule has 0 saturated carbocycles. The molecule has 2 rings (SSSR count). The van der Waals surface area contributed by atoms with Crippen LogP contribution in [0.5, 0.6) is 0 Å². The van der Waals surface area contributed by atoms with Gasteiger partial charge in [-0.3, -0.25) is 9.59 Å². The van der Waals surface area contributed by atoms with Gasteiger partial charge < -0.3 is 15.7 Å². The lowest BCUT2D eigenvalue weighted by Crippen LogP contribution is -2.44. The monoisotopic (exact) mass is 268 g/mol. The molecule has 0 spiro atoms. The molecule has 18 heavy (non-hydrogen) atoms. The Kier molecular flexibility index (Phi) is 3.98. The molecule has 1 saturated heterocycles. The highest BCUT2D eigenvalue weighted by atomic mass is 32.1. The number of amides is 1. The van der Waals surface area contributed by atoms with E-state index in [4.69, 9.17) is 10.8 Å². The number of hydrogen-bond donors (Lipinski definition) is 2. The third kappa shape index (κ3) is 2.70. The number of aliphatic carboxylic acids is 1. The van der Waals surface area contributed by atoms with Crippen LogP contribution in [-0.4, -0.2) is 35.0 Å². The van der Waals surface area contributed by atoms with Crippen molar-refractivity contribution in [3.05, 3.63) is 22.4 Å².